The fraction of sp³-hybridized carbons (Fsp3) is 0.350. The molecule has 0 aliphatic carbocycles. The minimum atomic E-state index is -0.193. The minimum absolute atomic E-state index is 0.0297. The molecule has 2 rings (SSSR count). The summed E-state index contributed by atoms with van der Waals surface area (Å²) in [6.45, 7) is 6.73. The Morgan fingerprint density at radius 2 is 1.72 bits per heavy atom. The van der Waals surface area contributed by atoms with Gasteiger partial charge in [-0.3, -0.25) is 4.79 Å². The Morgan fingerprint density at radius 1 is 1.08 bits per heavy atom. The first-order chi connectivity index (χ1) is 12.0. The van der Waals surface area contributed by atoms with E-state index in [0.717, 1.165) is 45.6 Å². The Balaban J connectivity index is 1.86. The smallest absolute Gasteiger partial charge is 0.262 e. The second-order valence-electron chi connectivity index (χ2n) is 5.93. The van der Waals surface area contributed by atoms with Crippen LogP contribution in [0.4, 0.5) is 5.69 Å². The van der Waals surface area contributed by atoms with Crippen molar-refractivity contribution in [1.29, 1.82) is 0 Å². The molecule has 0 saturated heterocycles. The van der Waals surface area contributed by atoms with Crippen molar-refractivity contribution in [2.75, 3.05) is 18.5 Å². The first kappa shape index (κ1) is 19.3. The highest BCUT2D eigenvalue weighted by atomic mass is 79.9. The average molecular weight is 406 g/mol. The Labute approximate surface area is 157 Å². The highest BCUT2D eigenvalue weighted by Gasteiger charge is 2.09. The summed E-state index contributed by atoms with van der Waals surface area (Å²) in [5.74, 6) is 1.36. The number of hydrogen-bond donors (Lipinski definition) is 1. The predicted molar refractivity (Wildman–Crippen MR) is 105 cm³/mol. The molecule has 0 spiro atoms. The Bertz CT molecular complexity index is 690. The molecule has 1 N–H and O–H groups in total. The van der Waals surface area contributed by atoms with Gasteiger partial charge in [-0.15, -0.1) is 0 Å². The molecule has 2 aromatic rings. The average Bonchev–Trinajstić information content (AvgIpc) is 2.55. The lowest BCUT2D eigenvalue weighted by Crippen LogP contribution is -2.20. The van der Waals surface area contributed by atoms with E-state index in [9.17, 15) is 4.79 Å². The maximum Gasteiger partial charge on any atom is 0.262 e. The van der Waals surface area contributed by atoms with Crippen LogP contribution >= 0.6 is 15.9 Å². The van der Waals surface area contributed by atoms with Gasteiger partial charge in [0.2, 0.25) is 0 Å². The van der Waals surface area contributed by atoms with Crippen LogP contribution in [-0.2, 0) is 4.79 Å². The third-order valence-electron chi connectivity index (χ3n) is 3.68. The molecule has 134 valence electrons. The van der Waals surface area contributed by atoms with Crippen molar-refractivity contribution < 1.29 is 14.3 Å². The number of anilines is 1. The van der Waals surface area contributed by atoms with Crippen molar-refractivity contribution in [2.24, 2.45) is 0 Å². The summed E-state index contributed by atoms with van der Waals surface area (Å²) < 4.78 is 12.3. The maximum absolute atomic E-state index is 12.1. The van der Waals surface area contributed by atoms with Crippen LogP contribution in [-0.4, -0.2) is 19.1 Å². The number of ether oxygens (including phenoxy) is 2. The maximum atomic E-state index is 12.1. The molecule has 0 fully saturated rings. The molecule has 4 nitrogen and oxygen atoms in total. The Hall–Kier alpha value is -2.01. The molecule has 2 aromatic carbocycles. The Morgan fingerprint density at radius 3 is 2.32 bits per heavy atom. The Kier molecular flexibility index (Phi) is 7.31. The molecule has 0 aliphatic heterocycles. The number of unbranched alkanes of at least 4 members (excludes halogenated alkanes) is 1. The van der Waals surface area contributed by atoms with Crippen LogP contribution in [0.5, 0.6) is 11.5 Å². The molecule has 5 heteroatoms. The molecule has 0 saturated carbocycles. The van der Waals surface area contributed by atoms with Gasteiger partial charge in [0.1, 0.15) is 11.5 Å². The van der Waals surface area contributed by atoms with Crippen molar-refractivity contribution in [3.63, 3.8) is 0 Å². The van der Waals surface area contributed by atoms with Gasteiger partial charge >= 0.3 is 0 Å². The SMILES string of the molecule is CCCCOc1ccc(NC(=O)COc2c(C)cc(Br)cc2C)cc1. The second-order valence-corrected chi connectivity index (χ2v) is 6.85. The minimum Gasteiger partial charge on any atom is -0.494 e. The molecule has 1 amide bonds. The van der Waals surface area contributed by atoms with E-state index in [2.05, 4.69) is 28.2 Å². The largest absolute Gasteiger partial charge is 0.494 e. The van der Waals surface area contributed by atoms with Crippen molar-refractivity contribution in [3.8, 4) is 11.5 Å². The van der Waals surface area contributed by atoms with E-state index < -0.39 is 0 Å². The van der Waals surface area contributed by atoms with E-state index in [-0.39, 0.29) is 12.5 Å². The lowest BCUT2D eigenvalue weighted by molar-refractivity contribution is -0.118. The zero-order chi connectivity index (χ0) is 18.2. The third-order valence-corrected chi connectivity index (χ3v) is 4.14. The summed E-state index contributed by atoms with van der Waals surface area (Å²) in [5.41, 5.74) is 2.71. The zero-order valence-corrected chi connectivity index (χ0v) is 16.5. The van der Waals surface area contributed by atoms with Gasteiger partial charge in [0.05, 0.1) is 6.61 Å². The van der Waals surface area contributed by atoms with E-state index >= 15 is 0 Å². The number of benzene rings is 2. The second kappa shape index (κ2) is 9.47. The number of nitrogens with one attached hydrogen (secondary N) is 1. The lowest BCUT2D eigenvalue weighted by Gasteiger charge is -2.13. The van der Waals surface area contributed by atoms with Crippen molar-refractivity contribution >= 4 is 27.5 Å². The van der Waals surface area contributed by atoms with E-state index in [1.165, 1.54) is 0 Å². The highest BCUT2D eigenvalue weighted by molar-refractivity contribution is 9.10. The quantitative estimate of drug-likeness (QED) is 0.609. The molecule has 0 atom stereocenters. The summed E-state index contributed by atoms with van der Waals surface area (Å²) >= 11 is 3.45. The van der Waals surface area contributed by atoms with Crippen LogP contribution in [0.1, 0.15) is 30.9 Å². The molecular formula is C20H24BrNO3. The van der Waals surface area contributed by atoms with Gasteiger partial charge in [0.25, 0.3) is 5.91 Å². The number of hydrogen-bond acceptors (Lipinski definition) is 3. The first-order valence-electron chi connectivity index (χ1n) is 8.42. The summed E-state index contributed by atoms with van der Waals surface area (Å²) in [7, 11) is 0. The van der Waals surface area contributed by atoms with Crippen molar-refractivity contribution in [3.05, 3.63) is 52.0 Å². The van der Waals surface area contributed by atoms with Gasteiger partial charge in [0.15, 0.2) is 6.61 Å². The normalized spacial score (nSPS) is 10.4. The van der Waals surface area contributed by atoms with Gasteiger partial charge in [-0.2, -0.15) is 0 Å². The number of carbonyl (C=O) groups excluding carboxylic acids is 1. The van der Waals surface area contributed by atoms with Crippen LogP contribution in [0.25, 0.3) is 0 Å². The molecular weight excluding hydrogens is 382 g/mol. The van der Waals surface area contributed by atoms with Gasteiger partial charge in [-0.25, -0.2) is 0 Å². The number of amides is 1. The number of rotatable bonds is 8. The topological polar surface area (TPSA) is 47.6 Å². The number of carbonyl (C=O) groups is 1. The van der Waals surface area contributed by atoms with E-state index in [4.69, 9.17) is 9.47 Å². The molecule has 0 bridgehead atoms. The van der Waals surface area contributed by atoms with Gasteiger partial charge in [-0.05, 0) is 67.8 Å². The van der Waals surface area contributed by atoms with Gasteiger partial charge in [-0.1, -0.05) is 29.3 Å². The van der Waals surface area contributed by atoms with Crippen molar-refractivity contribution in [2.45, 2.75) is 33.6 Å². The van der Waals surface area contributed by atoms with E-state index in [0.29, 0.717) is 6.61 Å². The standard InChI is InChI=1S/C20H24BrNO3/c1-4-5-10-24-18-8-6-17(7-9-18)22-19(23)13-25-20-14(2)11-16(21)12-15(20)3/h6-9,11-12H,4-5,10,13H2,1-3H3,(H,22,23). The zero-order valence-electron chi connectivity index (χ0n) is 14.9. The van der Waals surface area contributed by atoms with E-state index in [1.807, 2.05) is 50.2 Å². The van der Waals surface area contributed by atoms with Crippen LogP contribution in [0.3, 0.4) is 0 Å². The molecule has 0 unspecified atom stereocenters. The number of aryl methyl sites for hydroxylation is 2. The summed E-state index contributed by atoms with van der Waals surface area (Å²) in [4.78, 5) is 12.1. The van der Waals surface area contributed by atoms with Crippen LogP contribution in [0.2, 0.25) is 0 Å². The summed E-state index contributed by atoms with van der Waals surface area (Å²) in [5, 5.41) is 2.83. The van der Waals surface area contributed by atoms with Crippen LogP contribution in [0, 0.1) is 13.8 Å². The molecule has 25 heavy (non-hydrogen) atoms. The third kappa shape index (κ3) is 6.09. The van der Waals surface area contributed by atoms with Crippen LogP contribution < -0.4 is 14.8 Å². The fourth-order valence-electron chi connectivity index (χ4n) is 2.43. The molecule has 0 radical (unpaired) electrons. The molecule has 0 aliphatic rings. The van der Waals surface area contributed by atoms with E-state index in [1.54, 1.807) is 0 Å². The fourth-order valence-corrected chi connectivity index (χ4v) is 3.12. The lowest BCUT2D eigenvalue weighted by atomic mass is 10.1. The number of halogens is 1. The molecule has 0 heterocycles. The highest BCUT2D eigenvalue weighted by Crippen LogP contribution is 2.27. The summed E-state index contributed by atoms with van der Waals surface area (Å²) in [6.07, 6.45) is 2.14. The van der Waals surface area contributed by atoms with Crippen LogP contribution in [0.15, 0.2) is 40.9 Å². The predicted octanol–water partition coefficient (Wildman–Crippen LogP) is 5.26. The van der Waals surface area contributed by atoms with Gasteiger partial charge in [0, 0.05) is 10.2 Å². The summed E-state index contributed by atoms with van der Waals surface area (Å²) in [6, 6.07) is 11.3. The first-order valence-corrected chi connectivity index (χ1v) is 9.21. The van der Waals surface area contributed by atoms with Gasteiger partial charge < -0.3 is 14.8 Å². The monoisotopic (exact) mass is 405 g/mol. The molecule has 0 aromatic heterocycles. The van der Waals surface area contributed by atoms with Crippen molar-refractivity contribution in [1.82, 2.24) is 0 Å².